The smallest absolute Gasteiger partial charge is 0.0377 e. The Morgan fingerprint density at radius 2 is 1.68 bits per heavy atom. The maximum absolute atomic E-state index is 3.76. The van der Waals surface area contributed by atoms with Crippen molar-refractivity contribution in [2.45, 2.75) is 58.5 Å². The fraction of sp³-hybridized carbons (Fsp3) is 0.647. The minimum Gasteiger partial charge on any atom is -0.382 e. The minimum absolute atomic E-state index is 0.583. The van der Waals surface area contributed by atoms with Gasteiger partial charge in [0.25, 0.3) is 0 Å². The molecule has 1 aromatic rings. The van der Waals surface area contributed by atoms with Crippen LogP contribution < -0.4 is 5.32 Å². The van der Waals surface area contributed by atoms with Crippen molar-refractivity contribution in [3.63, 3.8) is 0 Å². The first-order valence-corrected chi connectivity index (χ1v) is 7.67. The van der Waals surface area contributed by atoms with E-state index >= 15 is 0 Å². The summed E-state index contributed by atoms with van der Waals surface area (Å²) in [4.78, 5) is 2.58. The largest absolute Gasteiger partial charge is 0.382 e. The van der Waals surface area contributed by atoms with Gasteiger partial charge in [-0.25, -0.2) is 0 Å². The fourth-order valence-electron chi connectivity index (χ4n) is 2.91. The van der Waals surface area contributed by atoms with Crippen LogP contribution in [-0.4, -0.2) is 30.1 Å². The maximum atomic E-state index is 3.76. The van der Waals surface area contributed by atoms with Gasteiger partial charge < -0.3 is 10.2 Å². The molecule has 0 aromatic heterocycles. The highest BCUT2D eigenvalue weighted by atomic mass is 15.2. The molecule has 2 rings (SSSR count). The molecule has 1 aromatic carbocycles. The summed E-state index contributed by atoms with van der Waals surface area (Å²) in [6.07, 6.45) is 2.51. The maximum Gasteiger partial charge on any atom is 0.0377 e. The highest BCUT2D eigenvalue weighted by Gasteiger charge is 2.21. The lowest BCUT2D eigenvalue weighted by atomic mass is 9.98. The SMILES string of the molecule is CC(C)c1ccccc1NC1CCN(C(C)C)CC1. The van der Waals surface area contributed by atoms with Crippen LogP contribution in [0.1, 0.15) is 52.0 Å². The van der Waals surface area contributed by atoms with Crippen molar-refractivity contribution in [3.05, 3.63) is 29.8 Å². The second kappa shape index (κ2) is 6.42. The lowest BCUT2D eigenvalue weighted by Gasteiger charge is -2.35. The molecule has 2 heteroatoms. The summed E-state index contributed by atoms with van der Waals surface area (Å²) in [5, 5.41) is 3.76. The van der Waals surface area contributed by atoms with Crippen LogP contribution in [0.25, 0.3) is 0 Å². The number of hydrogen-bond donors (Lipinski definition) is 1. The second-order valence-corrected chi connectivity index (χ2v) is 6.29. The standard InChI is InChI=1S/C17H28N2/c1-13(2)16-7-5-6-8-17(16)18-15-9-11-19(12-10-15)14(3)4/h5-8,13-15,18H,9-12H2,1-4H3. The first-order valence-electron chi connectivity index (χ1n) is 7.67. The monoisotopic (exact) mass is 260 g/mol. The third kappa shape index (κ3) is 3.73. The highest BCUT2D eigenvalue weighted by molar-refractivity contribution is 5.53. The van der Waals surface area contributed by atoms with Crippen LogP contribution in [-0.2, 0) is 0 Å². The summed E-state index contributed by atoms with van der Waals surface area (Å²) in [7, 11) is 0. The normalized spacial score (nSPS) is 18.2. The second-order valence-electron chi connectivity index (χ2n) is 6.29. The molecular formula is C17H28N2. The van der Waals surface area contributed by atoms with E-state index in [1.54, 1.807) is 0 Å². The molecule has 0 amide bonds. The molecule has 0 radical (unpaired) electrons. The summed E-state index contributed by atoms with van der Waals surface area (Å²) in [5.74, 6) is 0.583. The number of anilines is 1. The zero-order chi connectivity index (χ0) is 13.8. The van der Waals surface area contributed by atoms with Crippen molar-refractivity contribution in [2.24, 2.45) is 0 Å². The molecule has 1 saturated heterocycles. The van der Waals surface area contributed by atoms with Gasteiger partial charge in [-0.05, 0) is 44.2 Å². The Morgan fingerprint density at radius 3 is 2.26 bits per heavy atom. The molecule has 1 fully saturated rings. The Labute approximate surface area is 118 Å². The molecule has 0 spiro atoms. The molecule has 106 valence electrons. The average Bonchev–Trinajstić information content (AvgIpc) is 2.39. The lowest BCUT2D eigenvalue weighted by molar-refractivity contribution is 0.177. The zero-order valence-electron chi connectivity index (χ0n) is 12.8. The van der Waals surface area contributed by atoms with Gasteiger partial charge in [-0.15, -0.1) is 0 Å². The van der Waals surface area contributed by atoms with Crippen molar-refractivity contribution < 1.29 is 0 Å². The van der Waals surface area contributed by atoms with Crippen LogP contribution in [0.15, 0.2) is 24.3 Å². The summed E-state index contributed by atoms with van der Waals surface area (Å²) in [6.45, 7) is 11.6. The average molecular weight is 260 g/mol. The zero-order valence-corrected chi connectivity index (χ0v) is 12.8. The van der Waals surface area contributed by atoms with Crippen molar-refractivity contribution in [1.82, 2.24) is 4.90 Å². The van der Waals surface area contributed by atoms with Crippen LogP contribution >= 0.6 is 0 Å². The van der Waals surface area contributed by atoms with Crippen molar-refractivity contribution in [2.75, 3.05) is 18.4 Å². The van der Waals surface area contributed by atoms with Crippen molar-refractivity contribution >= 4 is 5.69 Å². The Balaban J connectivity index is 1.96. The first-order chi connectivity index (χ1) is 9.08. The summed E-state index contributed by atoms with van der Waals surface area (Å²) < 4.78 is 0. The number of nitrogens with one attached hydrogen (secondary N) is 1. The van der Waals surface area contributed by atoms with Crippen LogP contribution in [0.5, 0.6) is 0 Å². The van der Waals surface area contributed by atoms with Gasteiger partial charge in [0.05, 0.1) is 0 Å². The van der Waals surface area contributed by atoms with E-state index in [9.17, 15) is 0 Å². The predicted octanol–water partition coefficient (Wildman–Crippen LogP) is 4.09. The summed E-state index contributed by atoms with van der Waals surface area (Å²) >= 11 is 0. The number of para-hydroxylation sites is 1. The summed E-state index contributed by atoms with van der Waals surface area (Å²) in [6, 6.07) is 10.1. The number of nitrogens with zero attached hydrogens (tertiary/aromatic N) is 1. The Kier molecular flexibility index (Phi) is 4.87. The van der Waals surface area contributed by atoms with Crippen molar-refractivity contribution in [3.8, 4) is 0 Å². The van der Waals surface area contributed by atoms with E-state index in [-0.39, 0.29) is 0 Å². The van der Waals surface area contributed by atoms with Crippen molar-refractivity contribution in [1.29, 1.82) is 0 Å². The minimum atomic E-state index is 0.583. The predicted molar refractivity (Wildman–Crippen MR) is 83.9 cm³/mol. The van der Waals surface area contributed by atoms with E-state index in [1.807, 2.05) is 0 Å². The van der Waals surface area contributed by atoms with E-state index in [4.69, 9.17) is 0 Å². The number of piperidine rings is 1. The van der Waals surface area contributed by atoms with Gasteiger partial charge in [0.2, 0.25) is 0 Å². The Hall–Kier alpha value is -1.02. The van der Waals surface area contributed by atoms with Crippen LogP contribution in [0, 0.1) is 0 Å². The highest BCUT2D eigenvalue weighted by Crippen LogP contribution is 2.26. The molecular weight excluding hydrogens is 232 g/mol. The van der Waals surface area contributed by atoms with Crippen LogP contribution in [0.4, 0.5) is 5.69 Å². The van der Waals surface area contributed by atoms with Gasteiger partial charge in [-0.1, -0.05) is 32.0 Å². The molecule has 19 heavy (non-hydrogen) atoms. The van der Waals surface area contributed by atoms with E-state index in [2.05, 4.69) is 62.2 Å². The number of benzene rings is 1. The van der Waals surface area contributed by atoms with Gasteiger partial charge >= 0.3 is 0 Å². The van der Waals surface area contributed by atoms with Gasteiger partial charge in [-0.2, -0.15) is 0 Å². The fourth-order valence-corrected chi connectivity index (χ4v) is 2.91. The topological polar surface area (TPSA) is 15.3 Å². The number of likely N-dealkylation sites (tertiary alicyclic amines) is 1. The lowest BCUT2D eigenvalue weighted by Crippen LogP contribution is -2.42. The third-order valence-electron chi connectivity index (χ3n) is 4.20. The van der Waals surface area contributed by atoms with E-state index in [0.29, 0.717) is 18.0 Å². The number of hydrogen-bond acceptors (Lipinski definition) is 2. The van der Waals surface area contributed by atoms with E-state index in [0.717, 1.165) is 0 Å². The van der Waals surface area contributed by atoms with E-state index < -0.39 is 0 Å². The third-order valence-corrected chi connectivity index (χ3v) is 4.20. The quantitative estimate of drug-likeness (QED) is 0.877. The molecule has 1 N–H and O–H groups in total. The molecule has 0 atom stereocenters. The van der Waals surface area contributed by atoms with E-state index in [1.165, 1.54) is 37.2 Å². The van der Waals surface area contributed by atoms with Gasteiger partial charge in [0.15, 0.2) is 0 Å². The molecule has 0 saturated carbocycles. The van der Waals surface area contributed by atoms with Gasteiger partial charge in [-0.3, -0.25) is 0 Å². The Bertz CT molecular complexity index is 390. The van der Waals surface area contributed by atoms with Crippen LogP contribution in [0.2, 0.25) is 0 Å². The molecule has 0 aliphatic carbocycles. The number of rotatable bonds is 4. The molecule has 2 nitrogen and oxygen atoms in total. The van der Waals surface area contributed by atoms with Gasteiger partial charge in [0, 0.05) is 30.9 Å². The summed E-state index contributed by atoms with van der Waals surface area (Å²) in [5.41, 5.74) is 2.77. The molecule has 1 aliphatic rings. The van der Waals surface area contributed by atoms with Crippen LogP contribution in [0.3, 0.4) is 0 Å². The molecule has 0 bridgehead atoms. The first kappa shape index (κ1) is 14.4. The molecule has 1 heterocycles. The molecule has 0 unspecified atom stereocenters. The molecule has 1 aliphatic heterocycles. The van der Waals surface area contributed by atoms with Gasteiger partial charge in [0.1, 0.15) is 0 Å². The Morgan fingerprint density at radius 1 is 1.05 bits per heavy atom.